The van der Waals surface area contributed by atoms with Crippen LogP contribution in [-0.2, 0) is 6.54 Å². The lowest BCUT2D eigenvalue weighted by Crippen LogP contribution is -2.18. The molecule has 0 radical (unpaired) electrons. The van der Waals surface area contributed by atoms with Crippen LogP contribution in [0.3, 0.4) is 0 Å². The van der Waals surface area contributed by atoms with Gasteiger partial charge < -0.3 is 20.6 Å². The second-order valence-corrected chi connectivity index (χ2v) is 4.32. The molecule has 0 aliphatic heterocycles. The van der Waals surface area contributed by atoms with Crippen LogP contribution in [-0.4, -0.2) is 20.3 Å². The van der Waals surface area contributed by atoms with Crippen molar-refractivity contribution in [3.63, 3.8) is 0 Å². The van der Waals surface area contributed by atoms with Gasteiger partial charge in [-0.15, -0.1) is 0 Å². The molecule has 0 fully saturated rings. The topological polar surface area (TPSA) is 85.6 Å². The maximum absolute atomic E-state index is 9.70. The Morgan fingerprint density at radius 3 is 2.42 bits per heavy atom. The van der Waals surface area contributed by atoms with Gasteiger partial charge >= 0.3 is 0 Å². The van der Waals surface area contributed by atoms with Crippen molar-refractivity contribution >= 4 is 0 Å². The molecule has 1 heterocycles. The van der Waals surface area contributed by atoms with Crippen LogP contribution in [0.2, 0.25) is 0 Å². The SMILES string of the molecule is CC(NCc1ccc(O)c(O)c1O)c1ccncc1. The van der Waals surface area contributed by atoms with Crippen LogP contribution in [0.1, 0.15) is 24.1 Å². The highest BCUT2D eigenvalue weighted by Crippen LogP contribution is 2.37. The Balaban J connectivity index is 2.05. The van der Waals surface area contributed by atoms with Crippen LogP contribution in [0, 0.1) is 0 Å². The molecule has 5 nitrogen and oxygen atoms in total. The number of phenols is 3. The number of aromatic hydroxyl groups is 3. The zero-order valence-electron chi connectivity index (χ0n) is 10.5. The first kappa shape index (κ1) is 13.2. The van der Waals surface area contributed by atoms with E-state index in [1.54, 1.807) is 18.5 Å². The maximum atomic E-state index is 9.70. The molecular formula is C14H16N2O3. The minimum atomic E-state index is -0.490. The third-order valence-corrected chi connectivity index (χ3v) is 3.02. The van der Waals surface area contributed by atoms with Gasteiger partial charge in [0.25, 0.3) is 0 Å². The van der Waals surface area contributed by atoms with Crippen molar-refractivity contribution < 1.29 is 15.3 Å². The summed E-state index contributed by atoms with van der Waals surface area (Å²) >= 11 is 0. The summed E-state index contributed by atoms with van der Waals surface area (Å²) in [6, 6.07) is 6.82. The lowest BCUT2D eigenvalue weighted by atomic mass is 10.1. The second kappa shape index (κ2) is 5.58. The van der Waals surface area contributed by atoms with Crippen LogP contribution in [0.25, 0.3) is 0 Å². The molecule has 1 unspecified atom stereocenters. The van der Waals surface area contributed by atoms with Gasteiger partial charge in [-0.25, -0.2) is 0 Å². The van der Waals surface area contributed by atoms with E-state index >= 15 is 0 Å². The summed E-state index contributed by atoms with van der Waals surface area (Å²) in [7, 11) is 0. The van der Waals surface area contributed by atoms with Crippen LogP contribution in [0.15, 0.2) is 36.7 Å². The number of rotatable bonds is 4. The van der Waals surface area contributed by atoms with Gasteiger partial charge in [0.2, 0.25) is 5.75 Å². The number of hydrogen-bond donors (Lipinski definition) is 4. The standard InChI is InChI=1S/C14H16N2O3/c1-9(10-4-6-15-7-5-10)16-8-11-2-3-12(17)14(19)13(11)18/h2-7,9,16-19H,8H2,1H3. The predicted molar refractivity (Wildman–Crippen MR) is 70.9 cm³/mol. The lowest BCUT2D eigenvalue weighted by molar-refractivity contribution is 0.363. The van der Waals surface area contributed by atoms with E-state index in [0.29, 0.717) is 12.1 Å². The third-order valence-electron chi connectivity index (χ3n) is 3.02. The van der Waals surface area contributed by atoms with Crippen LogP contribution in [0.4, 0.5) is 0 Å². The molecule has 100 valence electrons. The van der Waals surface area contributed by atoms with Crippen LogP contribution in [0.5, 0.6) is 17.2 Å². The van der Waals surface area contributed by atoms with E-state index < -0.39 is 5.75 Å². The number of phenolic OH excluding ortho intramolecular Hbond substituents is 3. The van der Waals surface area contributed by atoms with Crippen molar-refractivity contribution in [3.05, 3.63) is 47.8 Å². The summed E-state index contributed by atoms with van der Waals surface area (Å²) in [5.74, 6) is -1.12. The van der Waals surface area contributed by atoms with Crippen LogP contribution < -0.4 is 5.32 Å². The zero-order chi connectivity index (χ0) is 13.8. The molecule has 0 spiro atoms. The molecule has 1 atom stereocenters. The number of benzene rings is 1. The Morgan fingerprint density at radius 2 is 1.74 bits per heavy atom. The predicted octanol–water partition coefficient (Wildman–Crippen LogP) is 2.05. The fourth-order valence-electron chi connectivity index (χ4n) is 1.79. The molecule has 2 rings (SSSR count). The molecule has 1 aromatic heterocycles. The fraction of sp³-hybridized carbons (Fsp3) is 0.214. The number of pyridine rings is 1. The summed E-state index contributed by atoms with van der Waals surface area (Å²) in [6.45, 7) is 2.37. The van der Waals surface area contributed by atoms with Gasteiger partial charge in [-0.1, -0.05) is 6.07 Å². The van der Waals surface area contributed by atoms with Gasteiger partial charge in [0.15, 0.2) is 11.5 Å². The average molecular weight is 260 g/mol. The minimum absolute atomic E-state index is 0.0818. The Hall–Kier alpha value is -2.27. The highest BCUT2D eigenvalue weighted by Gasteiger charge is 2.12. The molecule has 0 saturated heterocycles. The van der Waals surface area contributed by atoms with E-state index in [0.717, 1.165) is 5.56 Å². The first-order chi connectivity index (χ1) is 9.09. The fourth-order valence-corrected chi connectivity index (χ4v) is 1.79. The van der Waals surface area contributed by atoms with Gasteiger partial charge in [-0.3, -0.25) is 4.98 Å². The Labute approximate surface area is 111 Å². The summed E-state index contributed by atoms with van der Waals surface area (Å²) in [5.41, 5.74) is 1.61. The molecule has 0 saturated carbocycles. The Bertz CT molecular complexity index is 558. The molecular weight excluding hydrogens is 244 g/mol. The van der Waals surface area contributed by atoms with Crippen LogP contribution >= 0.6 is 0 Å². The quantitative estimate of drug-likeness (QED) is 0.632. The van der Waals surface area contributed by atoms with Gasteiger partial charge in [0, 0.05) is 30.5 Å². The van der Waals surface area contributed by atoms with Crippen molar-refractivity contribution in [1.82, 2.24) is 10.3 Å². The summed E-state index contributed by atoms with van der Waals surface area (Å²) in [6.07, 6.45) is 3.44. The maximum Gasteiger partial charge on any atom is 0.200 e. The Kier molecular flexibility index (Phi) is 3.87. The van der Waals surface area contributed by atoms with E-state index in [1.807, 2.05) is 19.1 Å². The van der Waals surface area contributed by atoms with Crippen molar-refractivity contribution in [2.75, 3.05) is 0 Å². The molecule has 19 heavy (non-hydrogen) atoms. The lowest BCUT2D eigenvalue weighted by Gasteiger charge is -2.15. The summed E-state index contributed by atoms with van der Waals surface area (Å²) in [4.78, 5) is 3.95. The minimum Gasteiger partial charge on any atom is -0.504 e. The number of hydrogen-bond acceptors (Lipinski definition) is 5. The highest BCUT2D eigenvalue weighted by atomic mass is 16.3. The molecule has 0 bridgehead atoms. The van der Waals surface area contributed by atoms with Gasteiger partial charge in [-0.2, -0.15) is 0 Å². The largest absolute Gasteiger partial charge is 0.504 e. The van der Waals surface area contributed by atoms with Gasteiger partial charge in [0.1, 0.15) is 0 Å². The van der Waals surface area contributed by atoms with E-state index in [9.17, 15) is 15.3 Å². The zero-order valence-corrected chi connectivity index (χ0v) is 10.5. The van der Waals surface area contributed by atoms with Crippen molar-refractivity contribution in [2.45, 2.75) is 19.5 Å². The first-order valence-corrected chi connectivity index (χ1v) is 5.95. The molecule has 5 heteroatoms. The molecule has 0 aliphatic rings. The smallest absolute Gasteiger partial charge is 0.200 e. The highest BCUT2D eigenvalue weighted by molar-refractivity contribution is 5.53. The van der Waals surface area contributed by atoms with Gasteiger partial charge in [-0.05, 0) is 30.7 Å². The molecule has 0 aliphatic carbocycles. The third kappa shape index (κ3) is 2.95. The van der Waals surface area contributed by atoms with E-state index in [1.165, 1.54) is 6.07 Å². The molecule has 1 aromatic carbocycles. The number of nitrogens with zero attached hydrogens (tertiary/aromatic N) is 1. The van der Waals surface area contributed by atoms with Crippen molar-refractivity contribution in [1.29, 1.82) is 0 Å². The summed E-state index contributed by atoms with van der Waals surface area (Å²) in [5, 5.41) is 31.6. The van der Waals surface area contributed by atoms with E-state index in [-0.39, 0.29) is 17.5 Å². The van der Waals surface area contributed by atoms with Gasteiger partial charge in [0.05, 0.1) is 0 Å². The Morgan fingerprint density at radius 1 is 1.05 bits per heavy atom. The second-order valence-electron chi connectivity index (χ2n) is 4.32. The summed E-state index contributed by atoms with van der Waals surface area (Å²) < 4.78 is 0. The van der Waals surface area contributed by atoms with E-state index in [2.05, 4.69) is 10.3 Å². The molecule has 4 N–H and O–H groups in total. The van der Waals surface area contributed by atoms with Crippen molar-refractivity contribution in [2.24, 2.45) is 0 Å². The number of aromatic nitrogens is 1. The first-order valence-electron chi connectivity index (χ1n) is 5.95. The van der Waals surface area contributed by atoms with Crippen molar-refractivity contribution in [3.8, 4) is 17.2 Å². The monoisotopic (exact) mass is 260 g/mol. The van der Waals surface area contributed by atoms with E-state index in [4.69, 9.17) is 0 Å². The molecule has 0 amide bonds. The molecule has 2 aromatic rings. The number of nitrogens with one attached hydrogen (secondary N) is 1. The average Bonchev–Trinajstić information content (AvgIpc) is 2.45. The normalized spacial score (nSPS) is 12.3.